The molecule has 39 heavy (non-hydrogen) atoms. The van der Waals surface area contributed by atoms with Crippen LogP contribution in [0.1, 0.15) is 129 Å². The molecular weight excluding hydrogens is 517 g/mol. The zero-order valence-corrected chi connectivity index (χ0v) is 27.0. The Labute approximate surface area is 240 Å². The van der Waals surface area contributed by atoms with Crippen molar-refractivity contribution in [1.82, 2.24) is 0 Å². The molecule has 0 saturated heterocycles. The van der Waals surface area contributed by atoms with Gasteiger partial charge in [-0.05, 0) is 6.42 Å². The monoisotopic (exact) mass is 579 g/mol. The Balaban J connectivity index is 3.77. The zero-order chi connectivity index (χ0) is 29.2. The molecule has 0 fully saturated rings. The fourth-order valence-corrected chi connectivity index (χ4v) is 4.90. The first-order chi connectivity index (χ1) is 18.6. The molecule has 0 aromatic carbocycles. The number of carbonyl (C=O) groups excluding carboxylic acids is 1. The van der Waals surface area contributed by atoms with Crippen molar-refractivity contribution in [3.8, 4) is 0 Å². The van der Waals surface area contributed by atoms with Gasteiger partial charge in [-0.3, -0.25) is 9.36 Å². The van der Waals surface area contributed by atoms with Gasteiger partial charge in [-0.25, -0.2) is 0 Å². The van der Waals surface area contributed by atoms with Crippen LogP contribution in [0.5, 0.6) is 0 Å². The molecule has 8 nitrogen and oxygen atoms in total. The number of unbranched alkanes of at least 4 members (excludes halogenated alkanes) is 16. The van der Waals surface area contributed by atoms with Gasteiger partial charge in [0.2, 0.25) is 0 Å². The molecule has 0 bridgehead atoms. The highest BCUT2D eigenvalue weighted by atomic mass is 31.2. The van der Waals surface area contributed by atoms with Crippen LogP contribution < -0.4 is 4.89 Å². The van der Waals surface area contributed by atoms with Crippen LogP contribution in [0.3, 0.4) is 0 Å². The van der Waals surface area contributed by atoms with Gasteiger partial charge < -0.3 is 27.9 Å². The fourth-order valence-electron chi connectivity index (χ4n) is 4.17. The Morgan fingerprint density at radius 1 is 0.692 bits per heavy atom. The second kappa shape index (κ2) is 25.2. The van der Waals surface area contributed by atoms with Crippen molar-refractivity contribution in [2.24, 2.45) is 0 Å². The third kappa shape index (κ3) is 28.8. The molecule has 2 unspecified atom stereocenters. The van der Waals surface area contributed by atoms with E-state index in [0.29, 0.717) is 17.6 Å². The molecule has 0 aliphatic rings. The number of nitrogens with zero attached hydrogens (tertiary/aromatic N) is 1. The Morgan fingerprint density at radius 2 is 1.15 bits per heavy atom. The highest BCUT2D eigenvalue weighted by Gasteiger charge is 2.19. The maximum atomic E-state index is 12.0. The number of hydrogen-bond acceptors (Lipinski definition) is 7. The lowest BCUT2D eigenvalue weighted by molar-refractivity contribution is -0.870. The normalized spacial score (nSPS) is 14.3. The molecule has 0 heterocycles. The summed E-state index contributed by atoms with van der Waals surface area (Å²) in [6.45, 7) is 4.84. The minimum Gasteiger partial charge on any atom is -0.756 e. The largest absolute Gasteiger partial charge is 0.756 e. The van der Waals surface area contributed by atoms with E-state index >= 15 is 0 Å². The Morgan fingerprint density at radius 3 is 1.59 bits per heavy atom. The lowest BCUT2D eigenvalue weighted by Gasteiger charge is -2.28. The van der Waals surface area contributed by atoms with Crippen molar-refractivity contribution in [2.45, 2.75) is 136 Å². The number of hydrogen-bond donors (Lipinski definition) is 0. The summed E-state index contributed by atoms with van der Waals surface area (Å²) in [5.74, 6) is -0.420. The molecule has 0 aromatic heterocycles. The van der Waals surface area contributed by atoms with Crippen LogP contribution in [-0.4, -0.2) is 70.7 Å². The fraction of sp³-hybridized carbons (Fsp3) is 0.967. The molecule has 0 saturated carbocycles. The van der Waals surface area contributed by atoms with E-state index in [1.807, 2.05) is 21.1 Å². The second-order valence-corrected chi connectivity index (χ2v) is 13.2. The summed E-state index contributed by atoms with van der Waals surface area (Å²) in [5, 5.41) is 0. The number of quaternary nitrogens is 1. The van der Waals surface area contributed by atoms with E-state index in [9.17, 15) is 14.3 Å². The third-order valence-corrected chi connectivity index (χ3v) is 7.68. The van der Waals surface area contributed by atoms with Crippen molar-refractivity contribution in [2.75, 3.05) is 54.1 Å². The molecule has 0 N–H and O–H groups in total. The second-order valence-electron chi connectivity index (χ2n) is 11.8. The maximum Gasteiger partial charge on any atom is 0.305 e. The predicted molar refractivity (Wildman–Crippen MR) is 158 cm³/mol. The molecule has 2 atom stereocenters. The molecule has 0 radical (unpaired) electrons. The van der Waals surface area contributed by atoms with E-state index in [1.165, 1.54) is 96.3 Å². The van der Waals surface area contributed by atoms with Crippen LogP contribution in [0.25, 0.3) is 0 Å². The van der Waals surface area contributed by atoms with Crippen LogP contribution in [0.4, 0.5) is 0 Å². The molecule has 0 amide bonds. The average molecular weight is 580 g/mol. The molecule has 0 aliphatic carbocycles. The maximum absolute atomic E-state index is 12.0. The topological polar surface area (TPSA) is 94.1 Å². The van der Waals surface area contributed by atoms with E-state index in [1.54, 1.807) is 6.92 Å². The van der Waals surface area contributed by atoms with E-state index in [2.05, 4.69) is 6.92 Å². The van der Waals surface area contributed by atoms with Gasteiger partial charge in [0.05, 0.1) is 34.4 Å². The minimum atomic E-state index is -4.47. The van der Waals surface area contributed by atoms with E-state index in [4.69, 9.17) is 18.5 Å². The van der Waals surface area contributed by atoms with Crippen molar-refractivity contribution in [3.05, 3.63) is 0 Å². The van der Waals surface area contributed by atoms with Crippen LogP contribution in [-0.2, 0) is 27.9 Å². The van der Waals surface area contributed by atoms with Crippen LogP contribution >= 0.6 is 7.82 Å². The number of esters is 1. The SMILES string of the molecule is CCCCCCCCCCCCCCCCCCCOCC(COP(=O)([O-])OCC[N+](C)(C)C)OC(=O)CC. The van der Waals surface area contributed by atoms with Gasteiger partial charge in [0.15, 0.2) is 0 Å². The van der Waals surface area contributed by atoms with E-state index in [0.717, 1.165) is 12.8 Å². The van der Waals surface area contributed by atoms with Gasteiger partial charge in [0.1, 0.15) is 19.3 Å². The Hall–Kier alpha value is -0.500. The zero-order valence-electron chi connectivity index (χ0n) is 26.1. The van der Waals surface area contributed by atoms with Crippen molar-refractivity contribution >= 4 is 13.8 Å². The first-order valence-electron chi connectivity index (χ1n) is 15.8. The smallest absolute Gasteiger partial charge is 0.305 e. The number of rotatable bonds is 29. The first-order valence-corrected chi connectivity index (χ1v) is 17.2. The highest BCUT2D eigenvalue weighted by molar-refractivity contribution is 7.45. The molecular formula is C30H62NO7P. The van der Waals surface area contributed by atoms with Crippen LogP contribution in [0, 0.1) is 0 Å². The Kier molecular flexibility index (Phi) is 24.9. The van der Waals surface area contributed by atoms with Gasteiger partial charge in [0, 0.05) is 13.0 Å². The minimum absolute atomic E-state index is 0.0273. The van der Waals surface area contributed by atoms with E-state index < -0.39 is 19.9 Å². The highest BCUT2D eigenvalue weighted by Crippen LogP contribution is 2.38. The summed E-state index contributed by atoms with van der Waals surface area (Å²) in [5.41, 5.74) is 0. The summed E-state index contributed by atoms with van der Waals surface area (Å²) < 4.78 is 33.4. The first kappa shape index (κ1) is 38.5. The molecule has 234 valence electrons. The number of likely N-dealkylation sites (N-methyl/N-ethyl adjacent to an activating group) is 1. The molecule has 0 aromatic rings. The van der Waals surface area contributed by atoms with Crippen LogP contribution in [0.15, 0.2) is 0 Å². The van der Waals surface area contributed by atoms with Crippen molar-refractivity contribution in [1.29, 1.82) is 0 Å². The van der Waals surface area contributed by atoms with Gasteiger partial charge >= 0.3 is 5.97 Å². The third-order valence-electron chi connectivity index (χ3n) is 6.71. The molecule has 0 aliphatic heterocycles. The summed E-state index contributed by atoms with van der Waals surface area (Å²) >= 11 is 0. The molecule has 0 spiro atoms. The van der Waals surface area contributed by atoms with Gasteiger partial charge in [-0.1, -0.05) is 117 Å². The van der Waals surface area contributed by atoms with Crippen molar-refractivity contribution in [3.63, 3.8) is 0 Å². The van der Waals surface area contributed by atoms with Crippen LogP contribution in [0.2, 0.25) is 0 Å². The summed E-state index contributed by atoms with van der Waals surface area (Å²) in [6, 6.07) is 0. The summed E-state index contributed by atoms with van der Waals surface area (Å²) in [7, 11) is 1.36. The van der Waals surface area contributed by atoms with Gasteiger partial charge in [-0.15, -0.1) is 0 Å². The average Bonchev–Trinajstić information content (AvgIpc) is 2.87. The number of carbonyl (C=O) groups is 1. The van der Waals surface area contributed by atoms with Crippen molar-refractivity contribution < 1.29 is 37.3 Å². The summed E-state index contributed by atoms with van der Waals surface area (Å²) in [6.07, 6.45) is 21.9. The van der Waals surface area contributed by atoms with Gasteiger partial charge in [-0.2, -0.15) is 0 Å². The predicted octanol–water partition coefficient (Wildman–Crippen LogP) is 7.18. The lowest BCUT2D eigenvalue weighted by Crippen LogP contribution is -2.37. The Bertz CT molecular complexity index is 613. The molecule has 9 heteroatoms. The van der Waals surface area contributed by atoms with E-state index in [-0.39, 0.29) is 26.2 Å². The quantitative estimate of drug-likeness (QED) is 0.0401. The number of phosphoric acid groups is 1. The van der Waals surface area contributed by atoms with Gasteiger partial charge in [0.25, 0.3) is 7.82 Å². The lowest BCUT2D eigenvalue weighted by atomic mass is 10.0. The summed E-state index contributed by atoms with van der Waals surface area (Å²) in [4.78, 5) is 23.7. The molecule has 0 rings (SSSR count). The number of phosphoric ester groups is 1. The number of ether oxygens (including phenoxy) is 2. The standard InChI is InChI=1S/C30H62NO7P/c1-6-8-9-10-11-12-13-14-15-16-17-18-19-20-21-22-23-25-35-27-29(38-30(32)7-2)28-37-39(33,34)36-26-24-31(3,4)5/h29H,6-28H2,1-5H3.